The van der Waals surface area contributed by atoms with Gasteiger partial charge in [-0.3, -0.25) is 9.78 Å². The molecule has 4 aromatic rings. The highest BCUT2D eigenvalue weighted by Crippen LogP contribution is 2.32. The van der Waals surface area contributed by atoms with E-state index in [-0.39, 0.29) is 11.5 Å². The van der Waals surface area contributed by atoms with Crippen molar-refractivity contribution in [3.05, 3.63) is 93.4 Å². The van der Waals surface area contributed by atoms with E-state index in [0.29, 0.717) is 33.5 Å². The first kappa shape index (κ1) is 24.2. The zero-order valence-corrected chi connectivity index (χ0v) is 20.9. The molecule has 2 heterocycles. The van der Waals surface area contributed by atoms with Gasteiger partial charge in [-0.25, -0.2) is 4.79 Å². The smallest absolute Gasteiger partial charge is 0.340 e. The van der Waals surface area contributed by atoms with Crippen LogP contribution in [0.25, 0.3) is 22.3 Å². The molecule has 1 atom stereocenters. The number of aryl methyl sites for hydroxylation is 1. The molecule has 0 spiro atoms. The van der Waals surface area contributed by atoms with Gasteiger partial charge in [0.2, 0.25) is 0 Å². The number of fused-ring (bicyclic) bond motifs is 1. The Balaban J connectivity index is 1.81. The van der Waals surface area contributed by atoms with Gasteiger partial charge in [-0.15, -0.1) is 0 Å². The maximum Gasteiger partial charge on any atom is 0.340 e. The average Bonchev–Trinajstić information content (AvgIpc) is 2.81. The number of esters is 1. The number of nitrogens with zero attached hydrogens (tertiary/aromatic N) is 1. The molecule has 35 heavy (non-hydrogen) atoms. The van der Waals surface area contributed by atoms with E-state index < -0.39 is 11.6 Å². The number of rotatable bonds is 5. The standard InChI is InChI=1S/C29H30N2O4/c1-17-14-22(19(3)31-24-12-8-7-11-21(24)28(33)35-29(4,5)6)27-23(15-17)25(32)18(2)26(34-27)20-10-9-13-30-16-20/h7-16,19,31H,1-6H3/t19-/m1/s1. The highest BCUT2D eigenvalue weighted by atomic mass is 16.6. The van der Waals surface area contributed by atoms with Crippen molar-refractivity contribution < 1.29 is 13.9 Å². The SMILES string of the molecule is Cc1cc([C@@H](C)Nc2ccccc2C(=O)OC(C)(C)C)c2oc(-c3cccnc3)c(C)c(=O)c2c1. The molecule has 0 amide bonds. The summed E-state index contributed by atoms with van der Waals surface area (Å²) in [4.78, 5) is 30.3. The molecule has 4 rings (SSSR count). The zero-order valence-electron chi connectivity index (χ0n) is 20.9. The number of anilines is 1. The number of carbonyl (C=O) groups is 1. The van der Waals surface area contributed by atoms with E-state index in [1.54, 1.807) is 31.5 Å². The van der Waals surface area contributed by atoms with E-state index in [2.05, 4.69) is 10.3 Å². The van der Waals surface area contributed by atoms with E-state index in [1.807, 2.05) is 71.0 Å². The summed E-state index contributed by atoms with van der Waals surface area (Å²) in [6.07, 6.45) is 3.37. The van der Waals surface area contributed by atoms with Crippen LogP contribution in [0.15, 0.2) is 70.1 Å². The van der Waals surface area contributed by atoms with Crippen molar-refractivity contribution in [3.63, 3.8) is 0 Å². The predicted molar refractivity (Wildman–Crippen MR) is 139 cm³/mol. The van der Waals surface area contributed by atoms with Crippen LogP contribution in [0.2, 0.25) is 0 Å². The van der Waals surface area contributed by atoms with Crippen LogP contribution in [0.4, 0.5) is 5.69 Å². The molecule has 2 aromatic carbocycles. The lowest BCUT2D eigenvalue weighted by atomic mass is 9.98. The third kappa shape index (κ3) is 5.11. The summed E-state index contributed by atoms with van der Waals surface area (Å²) in [6.45, 7) is 11.2. The minimum Gasteiger partial charge on any atom is -0.456 e. The molecule has 0 bridgehead atoms. The third-order valence-corrected chi connectivity index (χ3v) is 5.70. The van der Waals surface area contributed by atoms with Crippen molar-refractivity contribution >= 4 is 22.6 Å². The molecule has 1 N–H and O–H groups in total. The molecule has 0 aliphatic heterocycles. The Morgan fingerprint density at radius 2 is 1.83 bits per heavy atom. The van der Waals surface area contributed by atoms with E-state index in [9.17, 15) is 9.59 Å². The van der Waals surface area contributed by atoms with Gasteiger partial charge in [0.25, 0.3) is 0 Å². The Hall–Kier alpha value is -3.93. The lowest BCUT2D eigenvalue weighted by molar-refractivity contribution is 0.00706. The molecule has 0 aliphatic rings. The lowest BCUT2D eigenvalue weighted by Gasteiger charge is -2.23. The van der Waals surface area contributed by atoms with Gasteiger partial charge in [-0.05, 0) is 77.4 Å². The Kier molecular flexibility index (Phi) is 6.48. The summed E-state index contributed by atoms with van der Waals surface area (Å²) in [7, 11) is 0. The van der Waals surface area contributed by atoms with Gasteiger partial charge < -0.3 is 14.5 Å². The van der Waals surface area contributed by atoms with Gasteiger partial charge in [-0.2, -0.15) is 0 Å². The average molecular weight is 471 g/mol. The maximum atomic E-state index is 13.3. The van der Waals surface area contributed by atoms with Crippen LogP contribution in [0, 0.1) is 13.8 Å². The zero-order chi connectivity index (χ0) is 25.3. The third-order valence-electron chi connectivity index (χ3n) is 5.70. The summed E-state index contributed by atoms with van der Waals surface area (Å²) < 4.78 is 12.0. The molecule has 0 fully saturated rings. The second kappa shape index (κ2) is 9.37. The van der Waals surface area contributed by atoms with Crippen LogP contribution in [-0.4, -0.2) is 16.6 Å². The molecule has 0 saturated carbocycles. The van der Waals surface area contributed by atoms with E-state index in [0.717, 1.165) is 16.7 Å². The van der Waals surface area contributed by atoms with Gasteiger partial charge in [0.1, 0.15) is 16.9 Å². The van der Waals surface area contributed by atoms with E-state index >= 15 is 0 Å². The van der Waals surface area contributed by atoms with Crippen molar-refractivity contribution in [2.75, 3.05) is 5.32 Å². The number of hydrogen-bond acceptors (Lipinski definition) is 6. The van der Waals surface area contributed by atoms with Gasteiger partial charge >= 0.3 is 5.97 Å². The number of carbonyl (C=O) groups excluding carboxylic acids is 1. The van der Waals surface area contributed by atoms with Gasteiger partial charge in [0.05, 0.1) is 17.0 Å². The second-order valence-corrected chi connectivity index (χ2v) is 9.77. The molecule has 6 nitrogen and oxygen atoms in total. The number of nitrogens with one attached hydrogen (secondary N) is 1. The Morgan fingerprint density at radius 1 is 1.09 bits per heavy atom. The first-order valence-corrected chi connectivity index (χ1v) is 11.6. The fourth-order valence-corrected chi connectivity index (χ4v) is 4.09. The van der Waals surface area contributed by atoms with Gasteiger partial charge in [0.15, 0.2) is 5.43 Å². The summed E-state index contributed by atoms with van der Waals surface area (Å²) in [6, 6.07) is 14.5. The predicted octanol–water partition coefficient (Wildman–Crippen LogP) is 6.60. The first-order valence-electron chi connectivity index (χ1n) is 11.6. The lowest BCUT2D eigenvalue weighted by Crippen LogP contribution is -2.24. The van der Waals surface area contributed by atoms with E-state index in [1.165, 1.54) is 0 Å². The largest absolute Gasteiger partial charge is 0.456 e. The second-order valence-electron chi connectivity index (χ2n) is 9.77. The number of hydrogen-bond donors (Lipinski definition) is 1. The van der Waals surface area contributed by atoms with Crippen molar-refractivity contribution in [2.24, 2.45) is 0 Å². The molecule has 0 unspecified atom stereocenters. The topological polar surface area (TPSA) is 81.4 Å². The summed E-state index contributed by atoms with van der Waals surface area (Å²) in [5, 5.41) is 3.96. The van der Waals surface area contributed by atoms with Crippen LogP contribution in [0.1, 0.15) is 60.8 Å². The summed E-state index contributed by atoms with van der Waals surface area (Å²) in [5.41, 5.74) is 3.97. The van der Waals surface area contributed by atoms with Crippen LogP contribution in [0.3, 0.4) is 0 Å². The van der Waals surface area contributed by atoms with Crippen LogP contribution in [-0.2, 0) is 4.74 Å². The van der Waals surface area contributed by atoms with E-state index in [4.69, 9.17) is 9.15 Å². The molecule has 0 aliphatic carbocycles. The minimum absolute atomic E-state index is 0.0728. The number of ether oxygens (including phenoxy) is 1. The van der Waals surface area contributed by atoms with Crippen molar-refractivity contribution in [1.82, 2.24) is 4.98 Å². The molecular formula is C29H30N2O4. The Morgan fingerprint density at radius 3 is 2.51 bits per heavy atom. The fraction of sp³-hybridized carbons (Fsp3) is 0.276. The molecule has 180 valence electrons. The van der Waals surface area contributed by atoms with Crippen LogP contribution < -0.4 is 10.7 Å². The Bertz CT molecular complexity index is 1450. The summed E-state index contributed by atoms with van der Waals surface area (Å²) >= 11 is 0. The molecular weight excluding hydrogens is 440 g/mol. The van der Waals surface area contributed by atoms with Crippen LogP contribution >= 0.6 is 0 Å². The number of para-hydroxylation sites is 1. The molecule has 0 radical (unpaired) electrons. The van der Waals surface area contributed by atoms with Crippen molar-refractivity contribution in [2.45, 2.75) is 53.2 Å². The van der Waals surface area contributed by atoms with Crippen molar-refractivity contribution in [3.8, 4) is 11.3 Å². The summed E-state index contributed by atoms with van der Waals surface area (Å²) in [5.74, 6) is 0.102. The quantitative estimate of drug-likeness (QED) is 0.331. The molecule has 6 heteroatoms. The number of benzene rings is 2. The monoisotopic (exact) mass is 470 g/mol. The Labute approximate surface area is 205 Å². The maximum absolute atomic E-state index is 13.3. The molecule has 0 saturated heterocycles. The number of pyridine rings is 1. The minimum atomic E-state index is -0.605. The van der Waals surface area contributed by atoms with Crippen molar-refractivity contribution in [1.29, 1.82) is 0 Å². The highest BCUT2D eigenvalue weighted by Gasteiger charge is 2.23. The highest BCUT2D eigenvalue weighted by molar-refractivity contribution is 5.96. The normalized spacial score (nSPS) is 12.4. The molecule has 2 aromatic heterocycles. The van der Waals surface area contributed by atoms with Gasteiger partial charge in [0, 0.05) is 34.8 Å². The first-order chi connectivity index (χ1) is 16.5. The van der Waals surface area contributed by atoms with Crippen LogP contribution in [0.5, 0.6) is 0 Å². The fourth-order valence-electron chi connectivity index (χ4n) is 4.09. The van der Waals surface area contributed by atoms with Gasteiger partial charge in [-0.1, -0.05) is 18.2 Å². The number of aromatic nitrogens is 1.